The Labute approximate surface area is 174 Å². The third-order valence-electron chi connectivity index (χ3n) is 5.68. The van der Waals surface area contributed by atoms with E-state index in [0.29, 0.717) is 5.75 Å². The highest BCUT2D eigenvalue weighted by atomic mass is 16.5. The lowest BCUT2D eigenvalue weighted by atomic mass is 9.93. The Morgan fingerprint density at radius 1 is 1.27 bits per heavy atom. The van der Waals surface area contributed by atoms with Crippen molar-refractivity contribution in [3.63, 3.8) is 0 Å². The van der Waals surface area contributed by atoms with Gasteiger partial charge in [0.15, 0.2) is 5.69 Å². The van der Waals surface area contributed by atoms with Gasteiger partial charge in [0, 0.05) is 18.2 Å². The fourth-order valence-electron chi connectivity index (χ4n) is 4.02. The van der Waals surface area contributed by atoms with Crippen LogP contribution in [0.5, 0.6) is 5.75 Å². The number of nitrogens with zero attached hydrogens (tertiary/aromatic N) is 3. The molecule has 1 atom stereocenters. The largest absolute Gasteiger partial charge is 0.496 e. The van der Waals surface area contributed by atoms with Gasteiger partial charge in [-0.2, -0.15) is 0 Å². The fraction of sp³-hybridized carbons (Fsp3) is 0.429. The highest BCUT2D eigenvalue weighted by Gasteiger charge is 2.53. The van der Waals surface area contributed by atoms with E-state index in [1.807, 2.05) is 24.3 Å². The number of nitrogens with one attached hydrogen (secondary N) is 1. The lowest BCUT2D eigenvalue weighted by Gasteiger charge is -2.44. The Balaban J connectivity index is 1.63. The first-order valence-electron chi connectivity index (χ1n) is 9.78. The second-order valence-corrected chi connectivity index (χ2v) is 7.74. The number of methoxy groups -OCH3 is 2. The first-order chi connectivity index (χ1) is 14.4. The van der Waals surface area contributed by atoms with Crippen molar-refractivity contribution < 1.29 is 23.9 Å². The fourth-order valence-corrected chi connectivity index (χ4v) is 4.02. The molecule has 0 spiro atoms. The number of esters is 1. The zero-order chi connectivity index (χ0) is 21.5. The molecule has 2 heterocycles. The van der Waals surface area contributed by atoms with Crippen LogP contribution in [0.15, 0.2) is 30.6 Å². The molecule has 9 heteroatoms. The van der Waals surface area contributed by atoms with Crippen LogP contribution in [0.2, 0.25) is 0 Å². The van der Waals surface area contributed by atoms with Gasteiger partial charge in [-0.1, -0.05) is 18.2 Å². The van der Waals surface area contributed by atoms with Crippen LogP contribution in [0.1, 0.15) is 46.3 Å². The minimum absolute atomic E-state index is 0.0235. The third kappa shape index (κ3) is 3.20. The average molecular weight is 412 g/mol. The van der Waals surface area contributed by atoms with E-state index >= 15 is 0 Å². The number of aromatic nitrogens is 2. The molecular formula is C21H24N4O5. The predicted octanol–water partition coefficient (Wildman–Crippen LogP) is 1.37. The Bertz CT molecular complexity index is 1010. The van der Waals surface area contributed by atoms with E-state index in [1.165, 1.54) is 13.4 Å². The van der Waals surface area contributed by atoms with Crippen molar-refractivity contribution in [1.29, 1.82) is 0 Å². The van der Waals surface area contributed by atoms with Gasteiger partial charge in [0.2, 0.25) is 5.91 Å². The number of carbonyl (C=O) groups excluding carboxylic acids is 3. The van der Waals surface area contributed by atoms with Gasteiger partial charge in [-0.15, -0.1) is 0 Å². The second kappa shape index (κ2) is 7.47. The molecule has 1 fully saturated rings. The smallest absolute Gasteiger partial charge is 0.359 e. The van der Waals surface area contributed by atoms with Crippen LogP contribution in [0.25, 0.3) is 0 Å². The average Bonchev–Trinajstić information content (AvgIpc) is 3.49. The van der Waals surface area contributed by atoms with Crippen molar-refractivity contribution in [2.45, 2.75) is 44.4 Å². The number of benzene rings is 1. The minimum atomic E-state index is -1.11. The molecular weight excluding hydrogens is 388 g/mol. The van der Waals surface area contributed by atoms with E-state index in [1.54, 1.807) is 23.5 Å². The van der Waals surface area contributed by atoms with E-state index < -0.39 is 11.5 Å². The zero-order valence-corrected chi connectivity index (χ0v) is 17.2. The number of carbonyl (C=O) groups is 3. The van der Waals surface area contributed by atoms with Crippen molar-refractivity contribution >= 4 is 17.8 Å². The first-order valence-corrected chi connectivity index (χ1v) is 9.78. The molecule has 2 amide bonds. The van der Waals surface area contributed by atoms with Gasteiger partial charge in [0.05, 0.1) is 27.1 Å². The number of ether oxygens (including phenoxy) is 2. The normalized spacial score (nSPS) is 20.5. The summed E-state index contributed by atoms with van der Waals surface area (Å²) in [6.07, 6.45) is 3.06. The Hall–Kier alpha value is -3.36. The number of hydrogen-bond donors (Lipinski definition) is 1. The van der Waals surface area contributed by atoms with Crippen molar-refractivity contribution in [2.75, 3.05) is 14.2 Å². The number of hydrogen-bond acceptors (Lipinski definition) is 6. The standard InChI is InChI=1S/C21H24N4O5/c1-21(20(28)22-10-13-6-4-5-7-15(13)29-2)11-24-12-23-16(19(27)30-3)17(24)18(26)25(21)14-8-9-14/h4-7,12,14H,8-11H2,1-3H3,(H,22,28)/t21-/m0/s1. The molecule has 158 valence electrons. The summed E-state index contributed by atoms with van der Waals surface area (Å²) in [5.41, 5.74) is -0.122. The summed E-state index contributed by atoms with van der Waals surface area (Å²) in [7, 11) is 2.82. The van der Waals surface area contributed by atoms with E-state index in [0.717, 1.165) is 18.4 Å². The van der Waals surface area contributed by atoms with Crippen LogP contribution in [-0.4, -0.2) is 58.0 Å². The van der Waals surface area contributed by atoms with E-state index in [2.05, 4.69) is 10.3 Å². The van der Waals surface area contributed by atoms with Gasteiger partial charge in [0.25, 0.3) is 5.91 Å². The Morgan fingerprint density at radius 3 is 2.67 bits per heavy atom. The molecule has 1 aromatic heterocycles. The van der Waals surface area contributed by atoms with Crippen molar-refractivity contribution in [2.24, 2.45) is 0 Å². The van der Waals surface area contributed by atoms with Crippen molar-refractivity contribution in [3.05, 3.63) is 47.5 Å². The molecule has 0 radical (unpaired) electrons. The molecule has 1 saturated carbocycles. The minimum Gasteiger partial charge on any atom is -0.496 e. The molecule has 1 aromatic carbocycles. The molecule has 1 N–H and O–H groups in total. The topological polar surface area (TPSA) is 103 Å². The van der Waals surface area contributed by atoms with Crippen LogP contribution in [-0.2, 0) is 22.6 Å². The summed E-state index contributed by atoms with van der Waals surface area (Å²) in [4.78, 5) is 44.4. The van der Waals surface area contributed by atoms with Crippen LogP contribution < -0.4 is 10.1 Å². The summed E-state index contributed by atoms with van der Waals surface area (Å²) < 4.78 is 11.7. The predicted molar refractivity (Wildman–Crippen MR) is 106 cm³/mol. The quantitative estimate of drug-likeness (QED) is 0.719. The molecule has 30 heavy (non-hydrogen) atoms. The van der Waals surface area contributed by atoms with Crippen LogP contribution in [0.4, 0.5) is 0 Å². The molecule has 1 aliphatic carbocycles. The number of imidazole rings is 1. The summed E-state index contributed by atoms with van der Waals surface area (Å²) in [6.45, 7) is 2.23. The van der Waals surface area contributed by atoms with E-state index in [-0.39, 0.29) is 42.3 Å². The van der Waals surface area contributed by atoms with Gasteiger partial charge in [-0.05, 0) is 25.8 Å². The van der Waals surface area contributed by atoms with Crippen molar-refractivity contribution in [3.8, 4) is 5.75 Å². The van der Waals surface area contributed by atoms with Crippen molar-refractivity contribution in [1.82, 2.24) is 19.8 Å². The molecule has 9 nitrogen and oxygen atoms in total. The lowest BCUT2D eigenvalue weighted by Crippen LogP contribution is -2.64. The summed E-state index contributed by atoms with van der Waals surface area (Å²) >= 11 is 0. The van der Waals surface area contributed by atoms with Crippen LogP contribution >= 0.6 is 0 Å². The second-order valence-electron chi connectivity index (χ2n) is 7.74. The maximum absolute atomic E-state index is 13.4. The molecule has 0 unspecified atom stereocenters. The number of para-hydroxylation sites is 1. The molecule has 1 aliphatic heterocycles. The summed E-state index contributed by atoms with van der Waals surface area (Å²) in [6, 6.07) is 7.41. The lowest BCUT2D eigenvalue weighted by molar-refractivity contribution is -0.133. The third-order valence-corrected chi connectivity index (χ3v) is 5.68. The maximum atomic E-state index is 13.4. The Kier molecular flexibility index (Phi) is 4.97. The zero-order valence-electron chi connectivity index (χ0n) is 17.2. The van der Waals surface area contributed by atoms with Gasteiger partial charge in [-0.3, -0.25) is 9.59 Å². The van der Waals surface area contributed by atoms with E-state index in [4.69, 9.17) is 9.47 Å². The number of amides is 2. The highest BCUT2D eigenvalue weighted by Crippen LogP contribution is 2.39. The molecule has 4 rings (SSSR count). The van der Waals surface area contributed by atoms with Gasteiger partial charge < -0.3 is 24.3 Å². The van der Waals surface area contributed by atoms with Crippen LogP contribution in [0.3, 0.4) is 0 Å². The monoisotopic (exact) mass is 412 g/mol. The summed E-state index contributed by atoms with van der Waals surface area (Å²) in [5, 5.41) is 2.95. The summed E-state index contributed by atoms with van der Waals surface area (Å²) in [5.74, 6) is -0.636. The van der Waals surface area contributed by atoms with Gasteiger partial charge in [0.1, 0.15) is 17.0 Å². The SMILES string of the molecule is COC(=O)c1ncn2c1C(=O)N(C1CC1)[C@](C)(C(=O)NCc1ccccc1OC)C2. The van der Waals surface area contributed by atoms with Gasteiger partial charge >= 0.3 is 5.97 Å². The van der Waals surface area contributed by atoms with Gasteiger partial charge in [-0.25, -0.2) is 9.78 Å². The molecule has 0 saturated heterocycles. The number of fused-ring (bicyclic) bond motifs is 1. The van der Waals surface area contributed by atoms with Crippen LogP contribution in [0, 0.1) is 0 Å². The molecule has 0 bridgehead atoms. The maximum Gasteiger partial charge on any atom is 0.359 e. The first kappa shape index (κ1) is 19.9. The molecule has 2 aliphatic rings. The molecule has 2 aromatic rings. The Morgan fingerprint density at radius 2 is 2.00 bits per heavy atom. The van der Waals surface area contributed by atoms with E-state index in [9.17, 15) is 14.4 Å². The number of rotatable bonds is 6. The highest BCUT2D eigenvalue weighted by molar-refractivity contribution is 6.06.